The average molecular weight is 343 g/mol. The molecule has 0 radical (unpaired) electrons. The summed E-state index contributed by atoms with van der Waals surface area (Å²) in [5, 5.41) is 3.70. The number of thiazole rings is 1. The zero-order valence-corrected chi connectivity index (χ0v) is 12.7. The van der Waals surface area contributed by atoms with Crippen LogP contribution in [0, 0.1) is 0 Å². The summed E-state index contributed by atoms with van der Waals surface area (Å²) in [4.78, 5) is 15.9. The Labute approximate surface area is 122 Å². The lowest BCUT2D eigenvalue weighted by atomic mass is 10.3. The normalized spacial score (nSPS) is 10.1. The molecule has 7 heteroatoms. The van der Waals surface area contributed by atoms with E-state index in [1.807, 2.05) is 18.2 Å². The van der Waals surface area contributed by atoms with Crippen molar-refractivity contribution in [3.63, 3.8) is 0 Å². The molecule has 0 bridgehead atoms. The van der Waals surface area contributed by atoms with Crippen LogP contribution in [0.1, 0.15) is 9.67 Å². The van der Waals surface area contributed by atoms with Gasteiger partial charge in [-0.1, -0.05) is 27.3 Å². The fraction of sp³-hybridized carbons (Fsp3) is 0.167. The second-order valence-corrected chi connectivity index (χ2v) is 5.44. The van der Waals surface area contributed by atoms with Gasteiger partial charge in [0, 0.05) is 4.47 Å². The predicted molar refractivity (Wildman–Crippen MR) is 77.4 cm³/mol. The SMILES string of the molecule is COC(=O)c1cnc(Nc2cc(Br)ccc2OC)s1. The van der Waals surface area contributed by atoms with Crippen LogP contribution in [0.4, 0.5) is 10.8 Å². The monoisotopic (exact) mass is 342 g/mol. The molecule has 0 aliphatic heterocycles. The fourth-order valence-corrected chi connectivity index (χ4v) is 2.53. The van der Waals surface area contributed by atoms with Gasteiger partial charge in [-0.3, -0.25) is 0 Å². The molecule has 1 heterocycles. The summed E-state index contributed by atoms with van der Waals surface area (Å²) in [6.45, 7) is 0. The number of methoxy groups -OCH3 is 2. The topological polar surface area (TPSA) is 60.5 Å². The number of carbonyl (C=O) groups is 1. The molecule has 2 aromatic rings. The van der Waals surface area contributed by atoms with Crippen LogP contribution in [0.3, 0.4) is 0 Å². The molecule has 0 fully saturated rings. The molecule has 1 N–H and O–H groups in total. The van der Waals surface area contributed by atoms with Gasteiger partial charge in [0.15, 0.2) is 5.13 Å². The Bertz CT molecular complexity index is 600. The van der Waals surface area contributed by atoms with Crippen molar-refractivity contribution in [1.29, 1.82) is 0 Å². The van der Waals surface area contributed by atoms with E-state index in [2.05, 4.69) is 31.0 Å². The van der Waals surface area contributed by atoms with Gasteiger partial charge in [-0.05, 0) is 18.2 Å². The van der Waals surface area contributed by atoms with Crippen molar-refractivity contribution in [3.8, 4) is 5.75 Å². The van der Waals surface area contributed by atoms with Crippen LogP contribution in [-0.2, 0) is 4.74 Å². The van der Waals surface area contributed by atoms with Crippen molar-refractivity contribution in [2.45, 2.75) is 0 Å². The van der Waals surface area contributed by atoms with E-state index in [9.17, 15) is 4.79 Å². The van der Waals surface area contributed by atoms with Crippen molar-refractivity contribution in [2.75, 3.05) is 19.5 Å². The number of hydrogen-bond acceptors (Lipinski definition) is 6. The van der Waals surface area contributed by atoms with Crippen molar-refractivity contribution in [3.05, 3.63) is 33.7 Å². The molecule has 0 saturated carbocycles. The number of anilines is 2. The molecule has 0 saturated heterocycles. The zero-order valence-electron chi connectivity index (χ0n) is 10.3. The number of benzene rings is 1. The van der Waals surface area contributed by atoms with Gasteiger partial charge in [0.1, 0.15) is 10.6 Å². The highest BCUT2D eigenvalue weighted by Gasteiger charge is 2.12. The molecule has 0 unspecified atom stereocenters. The van der Waals surface area contributed by atoms with Gasteiger partial charge < -0.3 is 14.8 Å². The van der Waals surface area contributed by atoms with Gasteiger partial charge in [0.05, 0.1) is 26.1 Å². The Kier molecular flexibility index (Phi) is 4.39. The van der Waals surface area contributed by atoms with Crippen molar-refractivity contribution >= 4 is 44.1 Å². The molecule has 19 heavy (non-hydrogen) atoms. The van der Waals surface area contributed by atoms with E-state index < -0.39 is 5.97 Å². The van der Waals surface area contributed by atoms with Gasteiger partial charge in [-0.15, -0.1) is 0 Å². The first-order valence-corrected chi connectivity index (χ1v) is 6.89. The Morgan fingerprint density at radius 2 is 2.21 bits per heavy atom. The van der Waals surface area contributed by atoms with Gasteiger partial charge >= 0.3 is 5.97 Å². The summed E-state index contributed by atoms with van der Waals surface area (Å²) in [6.07, 6.45) is 1.48. The smallest absolute Gasteiger partial charge is 0.349 e. The van der Waals surface area contributed by atoms with Crippen LogP contribution in [0.25, 0.3) is 0 Å². The number of hydrogen-bond donors (Lipinski definition) is 1. The Balaban J connectivity index is 2.23. The highest BCUT2D eigenvalue weighted by Crippen LogP contribution is 2.32. The Hall–Kier alpha value is -1.60. The first kappa shape index (κ1) is 13.8. The lowest BCUT2D eigenvalue weighted by Crippen LogP contribution is -1.96. The van der Waals surface area contributed by atoms with Gasteiger partial charge in [0.2, 0.25) is 0 Å². The van der Waals surface area contributed by atoms with Gasteiger partial charge in [-0.25, -0.2) is 9.78 Å². The molecule has 100 valence electrons. The molecule has 2 rings (SSSR count). The van der Waals surface area contributed by atoms with E-state index in [1.54, 1.807) is 7.11 Å². The largest absolute Gasteiger partial charge is 0.495 e. The van der Waals surface area contributed by atoms with Crippen LogP contribution >= 0.6 is 27.3 Å². The summed E-state index contributed by atoms with van der Waals surface area (Å²) in [7, 11) is 2.93. The highest BCUT2D eigenvalue weighted by molar-refractivity contribution is 9.10. The van der Waals surface area contributed by atoms with E-state index >= 15 is 0 Å². The van der Waals surface area contributed by atoms with Gasteiger partial charge in [0.25, 0.3) is 0 Å². The van der Waals surface area contributed by atoms with Crippen molar-refractivity contribution in [2.24, 2.45) is 0 Å². The number of halogens is 1. The molecule has 1 aromatic heterocycles. The number of aromatic nitrogens is 1. The summed E-state index contributed by atoms with van der Waals surface area (Å²) in [5.74, 6) is 0.296. The number of nitrogens with one attached hydrogen (secondary N) is 1. The lowest BCUT2D eigenvalue weighted by Gasteiger charge is -2.09. The summed E-state index contributed by atoms with van der Waals surface area (Å²) < 4.78 is 10.8. The molecule has 0 aliphatic rings. The summed E-state index contributed by atoms with van der Waals surface area (Å²) in [5.41, 5.74) is 0.766. The lowest BCUT2D eigenvalue weighted by molar-refractivity contribution is 0.0606. The maximum atomic E-state index is 11.3. The average Bonchev–Trinajstić information content (AvgIpc) is 2.86. The number of ether oxygens (including phenoxy) is 2. The molecule has 0 amide bonds. The summed E-state index contributed by atoms with van der Waals surface area (Å²) in [6, 6.07) is 5.59. The third kappa shape index (κ3) is 3.24. The van der Waals surface area contributed by atoms with E-state index in [1.165, 1.54) is 24.6 Å². The number of esters is 1. The maximum absolute atomic E-state index is 11.3. The zero-order chi connectivity index (χ0) is 13.8. The molecule has 0 spiro atoms. The highest BCUT2D eigenvalue weighted by atomic mass is 79.9. The van der Waals surface area contributed by atoms with Crippen LogP contribution in [0.2, 0.25) is 0 Å². The Morgan fingerprint density at radius 1 is 1.42 bits per heavy atom. The standard InChI is InChI=1S/C12H11BrN2O3S/c1-17-9-4-3-7(13)5-8(9)15-12-14-6-10(19-12)11(16)18-2/h3-6H,1-2H3,(H,14,15). The second kappa shape index (κ2) is 6.03. The number of rotatable bonds is 4. The van der Waals surface area contributed by atoms with E-state index in [-0.39, 0.29) is 0 Å². The molecular weight excluding hydrogens is 332 g/mol. The van der Waals surface area contributed by atoms with Crippen LogP contribution in [0.5, 0.6) is 5.75 Å². The van der Waals surface area contributed by atoms with Crippen molar-refractivity contribution < 1.29 is 14.3 Å². The van der Waals surface area contributed by atoms with Crippen LogP contribution in [-0.4, -0.2) is 25.2 Å². The van der Waals surface area contributed by atoms with E-state index in [0.29, 0.717) is 15.8 Å². The van der Waals surface area contributed by atoms with E-state index in [4.69, 9.17) is 4.74 Å². The minimum absolute atomic E-state index is 0.397. The minimum atomic E-state index is -0.397. The van der Waals surface area contributed by atoms with E-state index in [0.717, 1.165) is 10.2 Å². The first-order chi connectivity index (χ1) is 9.13. The molecule has 0 atom stereocenters. The summed E-state index contributed by atoms with van der Waals surface area (Å²) >= 11 is 4.61. The third-order valence-corrected chi connectivity index (χ3v) is 3.68. The second-order valence-electron chi connectivity index (χ2n) is 3.49. The molecule has 1 aromatic carbocycles. The number of nitrogens with zero attached hydrogens (tertiary/aromatic N) is 1. The fourth-order valence-electron chi connectivity index (χ4n) is 1.42. The third-order valence-electron chi connectivity index (χ3n) is 2.30. The van der Waals surface area contributed by atoms with Crippen molar-refractivity contribution in [1.82, 2.24) is 4.98 Å². The van der Waals surface area contributed by atoms with Crippen LogP contribution < -0.4 is 10.1 Å². The van der Waals surface area contributed by atoms with Crippen LogP contribution in [0.15, 0.2) is 28.9 Å². The molecule has 0 aliphatic carbocycles. The molecular formula is C12H11BrN2O3S. The first-order valence-electron chi connectivity index (χ1n) is 5.28. The number of carbonyl (C=O) groups excluding carboxylic acids is 1. The predicted octanol–water partition coefficient (Wildman–Crippen LogP) is 3.44. The van der Waals surface area contributed by atoms with Gasteiger partial charge in [-0.2, -0.15) is 0 Å². The maximum Gasteiger partial charge on any atom is 0.349 e. The molecule has 5 nitrogen and oxygen atoms in total. The Morgan fingerprint density at radius 3 is 2.89 bits per heavy atom. The minimum Gasteiger partial charge on any atom is -0.495 e. The quantitative estimate of drug-likeness (QED) is 0.862.